The third-order valence-electron chi connectivity index (χ3n) is 3.02. The van der Waals surface area contributed by atoms with Gasteiger partial charge in [0.1, 0.15) is 5.82 Å². The van der Waals surface area contributed by atoms with Crippen molar-refractivity contribution in [1.29, 1.82) is 0 Å². The maximum atomic E-state index is 9.59. The van der Waals surface area contributed by atoms with Gasteiger partial charge >= 0.3 is 0 Å². The number of anilines is 1. The van der Waals surface area contributed by atoms with E-state index in [4.69, 9.17) is 5.73 Å². The van der Waals surface area contributed by atoms with Crippen LogP contribution in [0.1, 0.15) is 31.4 Å². The summed E-state index contributed by atoms with van der Waals surface area (Å²) >= 11 is 0. The number of hydrogen-bond donors (Lipinski definition) is 2. The van der Waals surface area contributed by atoms with E-state index in [2.05, 4.69) is 9.88 Å². The highest BCUT2D eigenvalue weighted by molar-refractivity contribution is 5.40. The first-order valence-corrected chi connectivity index (χ1v) is 5.81. The van der Waals surface area contributed by atoms with Gasteiger partial charge in [0.2, 0.25) is 0 Å². The lowest BCUT2D eigenvalue weighted by atomic mass is 10.1. The number of nitrogens with two attached hydrogens (primary N) is 1. The molecule has 1 aliphatic rings. The molecule has 1 fully saturated rings. The van der Waals surface area contributed by atoms with Crippen molar-refractivity contribution in [3.8, 4) is 0 Å². The molecule has 0 bridgehead atoms. The molecular formula is C12H19N3O. The van der Waals surface area contributed by atoms with E-state index >= 15 is 0 Å². The molecule has 0 radical (unpaired) electrons. The largest absolute Gasteiger partial charge is 0.391 e. The van der Waals surface area contributed by atoms with Gasteiger partial charge in [0, 0.05) is 25.3 Å². The minimum Gasteiger partial charge on any atom is -0.391 e. The van der Waals surface area contributed by atoms with Crippen molar-refractivity contribution in [3.05, 3.63) is 23.9 Å². The van der Waals surface area contributed by atoms with Crippen LogP contribution in [0.2, 0.25) is 0 Å². The van der Waals surface area contributed by atoms with Gasteiger partial charge in [0.05, 0.1) is 6.10 Å². The van der Waals surface area contributed by atoms with E-state index in [1.54, 1.807) is 0 Å². The summed E-state index contributed by atoms with van der Waals surface area (Å²) in [6.45, 7) is 3.60. The van der Waals surface area contributed by atoms with E-state index in [0.29, 0.717) is 6.54 Å². The Balaban J connectivity index is 2.09. The fraction of sp³-hybridized carbons (Fsp3) is 0.583. The third kappa shape index (κ3) is 2.51. The number of β-amino-alcohol motifs (C(OH)–C–C–N with tert-alkyl or cyclic N) is 1. The highest BCUT2D eigenvalue weighted by Crippen LogP contribution is 2.19. The fourth-order valence-corrected chi connectivity index (χ4v) is 2.02. The number of piperidine rings is 1. The van der Waals surface area contributed by atoms with Crippen LogP contribution in [0, 0.1) is 0 Å². The second kappa shape index (κ2) is 4.80. The number of aliphatic hydroxyl groups is 1. The van der Waals surface area contributed by atoms with Crippen LogP contribution in [0.3, 0.4) is 0 Å². The number of rotatable bonds is 2. The Labute approximate surface area is 96.1 Å². The number of aliphatic hydroxyl groups excluding tert-OH is 1. The van der Waals surface area contributed by atoms with E-state index in [1.165, 1.54) is 0 Å². The molecule has 4 nitrogen and oxygen atoms in total. The van der Waals surface area contributed by atoms with E-state index in [-0.39, 0.29) is 12.1 Å². The Hall–Kier alpha value is -1.13. The molecule has 1 unspecified atom stereocenters. The van der Waals surface area contributed by atoms with Crippen molar-refractivity contribution >= 4 is 5.82 Å². The molecular weight excluding hydrogens is 202 g/mol. The van der Waals surface area contributed by atoms with Gasteiger partial charge in [-0.1, -0.05) is 6.07 Å². The van der Waals surface area contributed by atoms with Gasteiger partial charge in [-0.2, -0.15) is 0 Å². The molecule has 0 aromatic carbocycles. The Kier molecular flexibility index (Phi) is 3.41. The van der Waals surface area contributed by atoms with Gasteiger partial charge in [0.25, 0.3) is 0 Å². The lowest BCUT2D eigenvalue weighted by Gasteiger charge is -2.31. The predicted molar refractivity (Wildman–Crippen MR) is 64.3 cm³/mol. The molecule has 0 aliphatic carbocycles. The second-order valence-electron chi connectivity index (χ2n) is 4.48. The summed E-state index contributed by atoms with van der Waals surface area (Å²) in [5.41, 5.74) is 6.81. The first-order chi connectivity index (χ1) is 7.66. The number of hydrogen-bond acceptors (Lipinski definition) is 4. The van der Waals surface area contributed by atoms with Gasteiger partial charge in [-0.25, -0.2) is 4.98 Å². The molecule has 1 saturated heterocycles. The molecule has 16 heavy (non-hydrogen) atoms. The van der Waals surface area contributed by atoms with Crippen LogP contribution >= 0.6 is 0 Å². The van der Waals surface area contributed by atoms with Crippen molar-refractivity contribution in [2.24, 2.45) is 5.73 Å². The first-order valence-electron chi connectivity index (χ1n) is 5.81. The zero-order chi connectivity index (χ0) is 11.5. The number of aromatic nitrogens is 1. The molecule has 1 aromatic heterocycles. The Morgan fingerprint density at radius 2 is 2.38 bits per heavy atom. The predicted octanol–water partition coefficient (Wildman–Crippen LogP) is 1.06. The fourth-order valence-electron chi connectivity index (χ4n) is 2.02. The number of pyridine rings is 1. The summed E-state index contributed by atoms with van der Waals surface area (Å²) in [6, 6.07) is 4.01. The van der Waals surface area contributed by atoms with Gasteiger partial charge < -0.3 is 15.7 Å². The van der Waals surface area contributed by atoms with E-state index < -0.39 is 0 Å². The van der Waals surface area contributed by atoms with E-state index in [9.17, 15) is 5.11 Å². The summed E-state index contributed by atoms with van der Waals surface area (Å²) in [4.78, 5) is 6.52. The lowest BCUT2D eigenvalue weighted by molar-refractivity contribution is 0.154. The van der Waals surface area contributed by atoms with Crippen LogP contribution in [0.5, 0.6) is 0 Å². The Morgan fingerprint density at radius 1 is 1.56 bits per heavy atom. The smallest absolute Gasteiger partial charge is 0.128 e. The summed E-state index contributed by atoms with van der Waals surface area (Å²) in [6.07, 6.45) is 3.52. The molecule has 2 atom stereocenters. The molecule has 88 valence electrons. The molecule has 4 heteroatoms. The normalized spacial score (nSPS) is 23.2. The van der Waals surface area contributed by atoms with Crippen LogP contribution in [-0.4, -0.2) is 29.3 Å². The highest BCUT2D eigenvalue weighted by atomic mass is 16.3. The van der Waals surface area contributed by atoms with Crippen molar-refractivity contribution in [3.63, 3.8) is 0 Å². The monoisotopic (exact) mass is 221 g/mol. The van der Waals surface area contributed by atoms with Crippen molar-refractivity contribution in [2.75, 3.05) is 18.0 Å². The first kappa shape index (κ1) is 11.4. The quantitative estimate of drug-likeness (QED) is 0.784. The zero-order valence-corrected chi connectivity index (χ0v) is 9.63. The molecule has 2 heterocycles. The third-order valence-corrected chi connectivity index (χ3v) is 3.02. The van der Waals surface area contributed by atoms with Gasteiger partial charge in [-0.15, -0.1) is 0 Å². The van der Waals surface area contributed by atoms with Crippen LogP contribution in [-0.2, 0) is 0 Å². The molecule has 1 aliphatic heterocycles. The van der Waals surface area contributed by atoms with E-state index in [0.717, 1.165) is 30.8 Å². The topological polar surface area (TPSA) is 62.4 Å². The van der Waals surface area contributed by atoms with Gasteiger partial charge in [0.15, 0.2) is 0 Å². The summed E-state index contributed by atoms with van der Waals surface area (Å²) in [5.74, 6) is 0.933. The Bertz CT molecular complexity index is 337. The second-order valence-corrected chi connectivity index (χ2v) is 4.48. The highest BCUT2D eigenvalue weighted by Gasteiger charge is 2.18. The molecule has 0 spiro atoms. The lowest BCUT2D eigenvalue weighted by Crippen LogP contribution is -2.38. The zero-order valence-electron chi connectivity index (χ0n) is 9.63. The Morgan fingerprint density at radius 3 is 2.94 bits per heavy atom. The summed E-state index contributed by atoms with van der Waals surface area (Å²) in [5, 5.41) is 9.59. The van der Waals surface area contributed by atoms with Crippen LogP contribution in [0.25, 0.3) is 0 Å². The molecule has 3 N–H and O–H groups in total. The average molecular weight is 221 g/mol. The van der Waals surface area contributed by atoms with Crippen molar-refractivity contribution in [1.82, 2.24) is 4.98 Å². The average Bonchev–Trinajstić information content (AvgIpc) is 2.29. The molecule has 0 saturated carbocycles. The van der Waals surface area contributed by atoms with Gasteiger partial charge in [-0.3, -0.25) is 0 Å². The van der Waals surface area contributed by atoms with Crippen LogP contribution < -0.4 is 10.6 Å². The number of nitrogens with zero attached hydrogens (tertiary/aromatic N) is 2. The van der Waals surface area contributed by atoms with Gasteiger partial charge in [-0.05, 0) is 31.4 Å². The minimum atomic E-state index is -0.219. The van der Waals surface area contributed by atoms with Crippen LogP contribution in [0.4, 0.5) is 5.82 Å². The van der Waals surface area contributed by atoms with Crippen molar-refractivity contribution in [2.45, 2.75) is 31.9 Å². The minimum absolute atomic E-state index is 0.0218. The van der Waals surface area contributed by atoms with Crippen LogP contribution in [0.15, 0.2) is 18.3 Å². The molecule has 2 rings (SSSR count). The maximum absolute atomic E-state index is 9.59. The van der Waals surface area contributed by atoms with E-state index in [1.807, 2.05) is 25.3 Å². The molecule has 1 aromatic rings. The van der Waals surface area contributed by atoms with Crippen molar-refractivity contribution < 1.29 is 5.11 Å². The SMILES string of the molecule is C[C@@H](N)c1ccc(N2CCCC(O)C2)nc1. The summed E-state index contributed by atoms with van der Waals surface area (Å²) < 4.78 is 0. The maximum Gasteiger partial charge on any atom is 0.128 e. The summed E-state index contributed by atoms with van der Waals surface area (Å²) in [7, 11) is 0. The molecule has 0 amide bonds. The standard InChI is InChI=1S/C12H19N3O/c1-9(13)10-4-5-12(14-7-10)15-6-2-3-11(16)8-15/h4-5,7,9,11,16H,2-3,6,8,13H2,1H3/t9-,11?/m1/s1.